The summed E-state index contributed by atoms with van der Waals surface area (Å²) >= 11 is 0. The van der Waals surface area contributed by atoms with Gasteiger partial charge in [-0.1, -0.05) is 42.5 Å². The van der Waals surface area contributed by atoms with E-state index in [9.17, 15) is 5.26 Å². The van der Waals surface area contributed by atoms with Gasteiger partial charge in [-0.15, -0.1) is 0 Å². The summed E-state index contributed by atoms with van der Waals surface area (Å²) in [6.45, 7) is 1.64. The van der Waals surface area contributed by atoms with Crippen molar-refractivity contribution in [3.63, 3.8) is 0 Å². The molecule has 0 aliphatic heterocycles. The number of pyridine rings is 1. The summed E-state index contributed by atoms with van der Waals surface area (Å²) in [5, 5.41) is 17.7. The summed E-state index contributed by atoms with van der Waals surface area (Å²) in [5.41, 5.74) is 9.81. The number of aromatic nitrogens is 3. The molecule has 6 aromatic rings. The Balaban J connectivity index is 1.19. The van der Waals surface area contributed by atoms with Crippen LogP contribution < -0.4 is 10.6 Å². The normalized spacial score (nSPS) is 11.0. The monoisotopic (exact) mass is 524 g/mol. The molecule has 0 radical (unpaired) electrons. The van der Waals surface area contributed by atoms with Gasteiger partial charge in [-0.3, -0.25) is 4.98 Å². The maximum absolute atomic E-state index is 9.80. The summed E-state index contributed by atoms with van der Waals surface area (Å²) in [4.78, 5) is 11.9. The lowest BCUT2D eigenvalue weighted by Crippen LogP contribution is -2.16. The Morgan fingerprint density at radius 1 is 0.900 bits per heavy atom. The van der Waals surface area contributed by atoms with Gasteiger partial charge in [0.15, 0.2) is 0 Å². The number of H-pyrrole nitrogens is 1. The fourth-order valence-corrected chi connectivity index (χ4v) is 4.81. The number of nitriles is 1. The molecule has 0 saturated carbocycles. The van der Waals surface area contributed by atoms with Gasteiger partial charge in [0.25, 0.3) is 0 Å². The summed E-state index contributed by atoms with van der Waals surface area (Å²) in [6.07, 6.45) is 10.4. The number of nitrogens with zero attached hydrogens (tertiary/aromatic N) is 3. The molecule has 0 spiro atoms. The molecule has 3 heterocycles. The number of rotatable bonds is 10. The number of aromatic amines is 1. The molecule has 0 unspecified atom stereocenters. The molecular formula is C33H28N6O. The number of benzene rings is 3. The second-order valence-electron chi connectivity index (χ2n) is 9.71. The van der Waals surface area contributed by atoms with Crippen LogP contribution in [-0.2, 0) is 19.4 Å². The SMILES string of the molecule is N#Cc1cnc2cc(-c3cccc(CNCCc4c[nH]cn4)c3)ccc2c1Nc1ccc(Cc2ccoc2)cc1. The average Bonchev–Trinajstić information content (AvgIpc) is 3.71. The third kappa shape index (κ3) is 5.78. The fourth-order valence-electron chi connectivity index (χ4n) is 4.81. The van der Waals surface area contributed by atoms with Crippen molar-refractivity contribution >= 4 is 22.3 Å². The molecule has 0 aliphatic carbocycles. The zero-order valence-corrected chi connectivity index (χ0v) is 21.9. The molecule has 0 fully saturated rings. The van der Waals surface area contributed by atoms with Crippen LogP contribution in [0.15, 0.2) is 108 Å². The second-order valence-corrected chi connectivity index (χ2v) is 9.71. The summed E-state index contributed by atoms with van der Waals surface area (Å²) in [6, 6.07) is 27.2. The predicted molar refractivity (Wildman–Crippen MR) is 157 cm³/mol. The molecule has 196 valence electrons. The van der Waals surface area contributed by atoms with E-state index in [4.69, 9.17) is 4.42 Å². The second kappa shape index (κ2) is 11.7. The molecule has 3 aromatic heterocycles. The first-order valence-corrected chi connectivity index (χ1v) is 13.2. The average molecular weight is 525 g/mol. The molecule has 0 atom stereocenters. The molecule has 6 rings (SSSR count). The van der Waals surface area contributed by atoms with Crippen LogP contribution in [0.3, 0.4) is 0 Å². The van der Waals surface area contributed by atoms with Gasteiger partial charge in [0.05, 0.1) is 41.3 Å². The van der Waals surface area contributed by atoms with E-state index < -0.39 is 0 Å². The van der Waals surface area contributed by atoms with Crippen LogP contribution in [0.25, 0.3) is 22.0 Å². The summed E-state index contributed by atoms with van der Waals surface area (Å²) in [5.74, 6) is 0. The van der Waals surface area contributed by atoms with E-state index in [0.717, 1.165) is 70.6 Å². The van der Waals surface area contributed by atoms with E-state index >= 15 is 0 Å². The van der Waals surface area contributed by atoms with Gasteiger partial charge in [0.2, 0.25) is 0 Å². The highest BCUT2D eigenvalue weighted by atomic mass is 16.3. The standard InChI is InChI=1S/C33H28N6O/c34-17-28-19-37-32-16-27(26-3-1-2-24(15-26)18-35-12-10-30-20-36-22-38-30)6-9-31(32)33(28)39-29-7-4-23(5-8-29)14-25-11-13-40-21-25/h1-9,11,13,15-16,19-22,35H,10,12,14,18H2,(H,36,38)(H,37,39). The Bertz CT molecular complexity index is 1750. The van der Waals surface area contributed by atoms with Crippen LogP contribution in [0.4, 0.5) is 11.4 Å². The van der Waals surface area contributed by atoms with E-state index in [1.807, 2.05) is 30.5 Å². The van der Waals surface area contributed by atoms with Crippen LogP contribution >= 0.6 is 0 Å². The number of furan rings is 1. The Kier molecular flexibility index (Phi) is 7.33. The largest absolute Gasteiger partial charge is 0.472 e. The Labute approximate surface area is 232 Å². The maximum Gasteiger partial charge on any atom is 0.103 e. The third-order valence-electron chi connectivity index (χ3n) is 6.90. The summed E-state index contributed by atoms with van der Waals surface area (Å²) in [7, 11) is 0. The topological polar surface area (TPSA) is 103 Å². The van der Waals surface area contributed by atoms with Crippen LogP contribution in [0.5, 0.6) is 0 Å². The highest BCUT2D eigenvalue weighted by Gasteiger charge is 2.11. The van der Waals surface area contributed by atoms with E-state index in [-0.39, 0.29) is 0 Å². The van der Waals surface area contributed by atoms with Crippen molar-refractivity contribution in [2.24, 2.45) is 0 Å². The maximum atomic E-state index is 9.80. The number of hydrogen-bond acceptors (Lipinski definition) is 6. The lowest BCUT2D eigenvalue weighted by atomic mass is 10.00. The van der Waals surface area contributed by atoms with Gasteiger partial charge in [-0.25, -0.2) is 4.98 Å². The molecule has 3 N–H and O–H groups in total. The van der Waals surface area contributed by atoms with Crippen LogP contribution in [0.1, 0.15) is 27.9 Å². The lowest BCUT2D eigenvalue weighted by Gasteiger charge is -2.13. The van der Waals surface area contributed by atoms with Gasteiger partial charge in [-0.2, -0.15) is 5.26 Å². The highest BCUT2D eigenvalue weighted by molar-refractivity contribution is 5.97. The van der Waals surface area contributed by atoms with Crippen LogP contribution in [-0.4, -0.2) is 21.5 Å². The van der Waals surface area contributed by atoms with Gasteiger partial charge >= 0.3 is 0 Å². The van der Waals surface area contributed by atoms with Crippen LogP contribution in [0.2, 0.25) is 0 Å². The van der Waals surface area contributed by atoms with Gasteiger partial charge < -0.3 is 20.0 Å². The first-order chi connectivity index (χ1) is 19.7. The molecule has 40 heavy (non-hydrogen) atoms. The highest BCUT2D eigenvalue weighted by Crippen LogP contribution is 2.32. The molecule has 7 heteroatoms. The molecule has 0 bridgehead atoms. The fraction of sp³-hybridized carbons (Fsp3) is 0.121. The third-order valence-corrected chi connectivity index (χ3v) is 6.90. The zero-order valence-electron chi connectivity index (χ0n) is 21.9. The predicted octanol–water partition coefficient (Wildman–Crippen LogP) is 6.76. The minimum Gasteiger partial charge on any atom is -0.472 e. The quantitative estimate of drug-likeness (QED) is 0.171. The number of anilines is 2. The van der Waals surface area contributed by atoms with E-state index in [0.29, 0.717) is 5.56 Å². The molecule has 0 amide bonds. The molecule has 7 nitrogen and oxygen atoms in total. The molecule has 0 saturated heterocycles. The van der Waals surface area contributed by atoms with Crippen molar-refractivity contribution in [1.29, 1.82) is 5.26 Å². The van der Waals surface area contributed by atoms with E-state index in [1.54, 1.807) is 25.1 Å². The van der Waals surface area contributed by atoms with Gasteiger partial charge in [0, 0.05) is 49.4 Å². The van der Waals surface area contributed by atoms with Crippen molar-refractivity contribution in [3.8, 4) is 17.2 Å². The summed E-state index contributed by atoms with van der Waals surface area (Å²) < 4.78 is 5.18. The Morgan fingerprint density at radius 2 is 1.80 bits per heavy atom. The minimum atomic E-state index is 0.505. The van der Waals surface area contributed by atoms with Crippen molar-refractivity contribution in [2.45, 2.75) is 19.4 Å². The number of hydrogen-bond donors (Lipinski definition) is 3. The van der Waals surface area contributed by atoms with Crippen molar-refractivity contribution < 1.29 is 4.42 Å². The van der Waals surface area contributed by atoms with Crippen molar-refractivity contribution in [3.05, 3.63) is 132 Å². The first kappa shape index (κ1) is 25.1. The smallest absolute Gasteiger partial charge is 0.103 e. The Hall–Kier alpha value is -5.19. The molecule has 3 aromatic carbocycles. The van der Waals surface area contributed by atoms with E-state index in [2.05, 4.69) is 80.2 Å². The van der Waals surface area contributed by atoms with E-state index in [1.165, 1.54) is 11.1 Å². The van der Waals surface area contributed by atoms with Crippen molar-refractivity contribution in [1.82, 2.24) is 20.3 Å². The van der Waals surface area contributed by atoms with Crippen molar-refractivity contribution in [2.75, 3.05) is 11.9 Å². The number of imidazole rings is 1. The van der Waals surface area contributed by atoms with Gasteiger partial charge in [0.1, 0.15) is 6.07 Å². The Morgan fingerprint density at radius 3 is 2.60 bits per heavy atom. The molecule has 0 aliphatic rings. The van der Waals surface area contributed by atoms with Gasteiger partial charge in [-0.05, 0) is 58.1 Å². The number of fused-ring (bicyclic) bond motifs is 1. The first-order valence-electron chi connectivity index (χ1n) is 13.2. The number of nitrogens with one attached hydrogen (secondary N) is 3. The zero-order chi connectivity index (χ0) is 27.1. The minimum absolute atomic E-state index is 0.505. The lowest BCUT2D eigenvalue weighted by molar-refractivity contribution is 0.564. The molecular weight excluding hydrogens is 496 g/mol. The van der Waals surface area contributed by atoms with Crippen LogP contribution in [0, 0.1) is 11.3 Å².